The molecular weight excluding hydrogens is 240 g/mol. The van der Waals surface area contributed by atoms with Crippen molar-refractivity contribution in [1.82, 2.24) is 10.2 Å². The van der Waals surface area contributed by atoms with Crippen LogP contribution in [-0.2, 0) is 11.3 Å². The van der Waals surface area contributed by atoms with E-state index in [9.17, 15) is 5.11 Å². The highest BCUT2D eigenvalue weighted by atomic mass is 16.5. The van der Waals surface area contributed by atoms with Gasteiger partial charge in [0.15, 0.2) is 0 Å². The van der Waals surface area contributed by atoms with Gasteiger partial charge in [-0.25, -0.2) is 0 Å². The van der Waals surface area contributed by atoms with E-state index in [1.54, 1.807) is 7.11 Å². The van der Waals surface area contributed by atoms with Gasteiger partial charge in [-0.05, 0) is 25.1 Å². The predicted molar refractivity (Wildman–Crippen MR) is 78.3 cm³/mol. The van der Waals surface area contributed by atoms with Crippen molar-refractivity contribution in [3.63, 3.8) is 0 Å². The fourth-order valence-electron chi connectivity index (χ4n) is 2.01. The molecule has 108 valence electrons. The van der Waals surface area contributed by atoms with Crippen molar-refractivity contribution in [2.24, 2.45) is 0 Å². The van der Waals surface area contributed by atoms with Gasteiger partial charge in [-0.15, -0.1) is 0 Å². The molecule has 0 heterocycles. The molecule has 1 aromatic carbocycles. The number of aliphatic hydroxyl groups is 1. The van der Waals surface area contributed by atoms with Crippen molar-refractivity contribution in [2.45, 2.75) is 19.6 Å². The topological polar surface area (TPSA) is 44.7 Å². The van der Waals surface area contributed by atoms with Crippen molar-refractivity contribution in [1.29, 1.82) is 0 Å². The number of ether oxygens (including phenoxy) is 1. The lowest BCUT2D eigenvalue weighted by molar-refractivity contribution is 0.117. The molecule has 0 aliphatic heterocycles. The highest BCUT2D eigenvalue weighted by molar-refractivity contribution is 5.25. The van der Waals surface area contributed by atoms with Crippen molar-refractivity contribution < 1.29 is 9.84 Å². The first-order valence-electron chi connectivity index (χ1n) is 6.74. The van der Waals surface area contributed by atoms with E-state index in [4.69, 9.17) is 4.74 Å². The van der Waals surface area contributed by atoms with Crippen LogP contribution >= 0.6 is 0 Å². The molecular formula is C15H26N2O2. The molecule has 0 aliphatic carbocycles. The summed E-state index contributed by atoms with van der Waals surface area (Å²) in [4.78, 5) is 2.14. The van der Waals surface area contributed by atoms with Gasteiger partial charge in [-0.2, -0.15) is 0 Å². The highest BCUT2D eigenvalue weighted by Crippen LogP contribution is 2.09. The molecule has 4 nitrogen and oxygen atoms in total. The maximum absolute atomic E-state index is 9.92. The summed E-state index contributed by atoms with van der Waals surface area (Å²) in [6.07, 6.45) is -0.356. The second-order valence-electron chi connectivity index (χ2n) is 4.97. The second-order valence-corrected chi connectivity index (χ2v) is 4.97. The van der Waals surface area contributed by atoms with Crippen molar-refractivity contribution in [3.05, 3.63) is 35.4 Å². The first kappa shape index (κ1) is 16.1. The Morgan fingerprint density at radius 1 is 1.37 bits per heavy atom. The predicted octanol–water partition coefficient (Wildman–Crippen LogP) is 1.02. The molecule has 0 spiro atoms. The number of rotatable bonds is 9. The lowest BCUT2D eigenvalue weighted by Crippen LogP contribution is -2.37. The van der Waals surface area contributed by atoms with Crippen molar-refractivity contribution in [2.75, 3.05) is 40.4 Å². The van der Waals surface area contributed by atoms with E-state index in [2.05, 4.69) is 35.3 Å². The Morgan fingerprint density at radius 3 is 2.79 bits per heavy atom. The van der Waals surface area contributed by atoms with Crippen LogP contribution in [0.5, 0.6) is 0 Å². The SMILES string of the molecule is COCCNCC(O)CN(C)Cc1ccccc1C. The molecule has 1 rings (SSSR count). The summed E-state index contributed by atoms with van der Waals surface area (Å²) >= 11 is 0. The maximum Gasteiger partial charge on any atom is 0.0791 e. The Morgan fingerprint density at radius 2 is 2.11 bits per heavy atom. The van der Waals surface area contributed by atoms with E-state index < -0.39 is 0 Å². The lowest BCUT2D eigenvalue weighted by atomic mass is 10.1. The minimum absolute atomic E-state index is 0.356. The Balaban J connectivity index is 2.26. The lowest BCUT2D eigenvalue weighted by Gasteiger charge is -2.21. The Bertz CT molecular complexity index is 358. The van der Waals surface area contributed by atoms with Gasteiger partial charge in [-0.3, -0.25) is 4.90 Å². The normalized spacial score (nSPS) is 12.9. The van der Waals surface area contributed by atoms with Crippen molar-refractivity contribution in [3.8, 4) is 0 Å². The minimum Gasteiger partial charge on any atom is -0.390 e. The second kappa shape index (κ2) is 9.04. The van der Waals surface area contributed by atoms with E-state index in [1.165, 1.54) is 11.1 Å². The third kappa shape index (κ3) is 6.68. The summed E-state index contributed by atoms with van der Waals surface area (Å²) < 4.78 is 4.94. The first-order chi connectivity index (χ1) is 9.13. The zero-order chi connectivity index (χ0) is 14.1. The minimum atomic E-state index is -0.356. The molecule has 1 aromatic rings. The summed E-state index contributed by atoms with van der Waals surface area (Å²) in [5.74, 6) is 0. The molecule has 0 radical (unpaired) electrons. The number of aryl methyl sites for hydroxylation is 1. The molecule has 0 amide bonds. The number of benzene rings is 1. The smallest absolute Gasteiger partial charge is 0.0791 e. The summed E-state index contributed by atoms with van der Waals surface area (Å²) in [6, 6.07) is 8.35. The molecule has 4 heteroatoms. The maximum atomic E-state index is 9.92. The molecule has 0 saturated heterocycles. The van der Waals surface area contributed by atoms with E-state index >= 15 is 0 Å². The number of aliphatic hydroxyl groups excluding tert-OH is 1. The number of hydrogen-bond donors (Lipinski definition) is 2. The quantitative estimate of drug-likeness (QED) is 0.655. The van der Waals surface area contributed by atoms with Crippen molar-refractivity contribution >= 4 is 0 Å². The molecule has 2 N–H and O–H groups in total. The number of nitrogens with one attached hydrogen (secondary N) is 1. The molecule has 0 fully saturated rings. The number of likely N-dealkylation sites (N-methyl/N-ethyl adjacent to an activating group) is 1. The van der Waals surface area contributed by atoms with Crippen LogP contribution in [0.1, 0.15) is 11.1 Å². The number of nitrogens with zero attached hydrogens (tertiary/aromatic N) is 1. The third-order valence-corrected chi connectivity index (χ3v) is 3.09. The van der Waals surface area contributed by atoms with Gasteiger partial charge in [0.25, 0.3) is 0 Å². The molecule has 0 aliphatic rings. The summed E-state index contributed by atoms with van der Waals surface area (Å²) in [6.45, 7) is 5.68. The molecule has 1 unspecified atom stereocenters. The van der Waals surface area contributed by atoms with Crippen LogP contribution in [0.3, 0.4) is 0 Å². The van der Waals surface area contributed by atoms with E-state index in [1.807, 2.05) is 13.1 Å². The van der Waals surface area contributed by atoms with Gasteiger partial charge in [0, 0.05) is 33.3 Å². The Hall–Kier alpha value is -0.940. The van der Waals surface area contributed by atoms with Crippen LogP contribution in [0.15, 0.2) is 24.3 Å². The Kier molecular flexibility index (Phi) is 7.67. The Labute approximate surface area is 116 Å². The van der Waals surface area contributed by atoms with Gasteiger partial charge in [0.05, 0.1) is 12.7 Å². The van der Waals surface area contributed by atoms with Gasteiger partial charge >= 0.3 is 0 Å². The third-order valence-electron chi connectivity index (χ3n) is 3.09. The molecule has 0 saturated carbocycles. The van der Waals surface area contributed by atoms with Crippen LogP contribution in [0, 0.1) is 6.92 Å². The van der Waals surface area contributed by atoms with Gasteiger partial charge in [-0.1, -0.05) is 24.3 Å². The van der Waals surface area contributed by atoms with E-state index in [0.717, 1.165) is 13.1 Å². The summed E-state index contributed by atoms with van der Waals surface area (Å²) in [7, 11) is 3.71. The van der Waals surface area contributed by atoms with E-state index in [-0.39, 0.29) is 6.10 Å². The first-order valence-corrected chi connectivity index (χ1v) is 6.74. The average Bonchev–Trinajstić information content (AvgIpc) is 2.37. The summed E-state index contributed by atoms with van der Waals surface area (Å²) in [5.41, 5.74) is 2.60. The van der Waals surface area contributed by atoms with Crippen LogP contribution in [0.4, 0.5) is 0 Å². The molecule has 19 heavy (non-hydrogen) atoms. The largest absolute Gasteiger partial charge is 0.390 e. The zero-order valence-corrected chi connectivity index (χ0v) is 12.2. The molecule has 0 bridgehead atoms. The fraction of sp³-hybridized carbons (Fsp3) is 0.600. The average molecular weight is 266 g/mol. The van der Waals surface area contributed by atoms with Gasteiger partial charge in [0.2, 0.25) is 0 Å². The van der Waals surface area contributed by atoms with E-state index in [0.29, 0.717) is 19.7 Å². The molecule has 0 aromatic heterocycles. The number of hydrogen-bond acceptors (Lipinski definition) is 4. The monoisotopic (exact) mass is 266 g/mol. The number of methoxy groups -OCH3 is 1. The van der Waals surface area contributed by atoms with Crippen LogP contribution in [0.2, 0.25) is 0 Å². The highest BCUT2D eigenvalue weighted by Gasteiger charge is 2.09. The van der Waals surface area contributed by atoms with Crippen LogP contribution < -0.4 is 5.32 Å². The molecule has 1 atom stereocenters. The van der Waals surface area contributed by atoms with Crippen LogP contribution in [0.25, 0.3) is 0 Å². The van der Waals surface area contributed by atoms with Gasteiger partial charge < -0.3 is 15.2 Å². The van der Waals surface area contributed by atoms with Gasteiger partial charge in [0.1, 0.15) is 0 Å². The fourth-order valence-corrected chi connectivity index (χ4v) is 2.01. The zero-order valence-electron chi connectivity index (χ0n) is 12.2. The standard InChI is InChI=1S/C15H26N2O2/c1-13-6-4-5-7-14(13)11-17(2)12-15(18)10-16-8-9-19-3/h4-7,15-16,18H,8-12H2,1-3H3. The summed E-state index contributed by atoms with van der Waals surface area (Å²) in [5, 5.41) is 13.1. The van der Waals surface area contributed by atoms with Crippen LogP contribution in [-0.4, -0.2) is 56.5 Å².